The number of hydrazine groups is 1. The van der Waals surface area contributed by atoms with Gasteiger partial charge < -0.3 is 20.9 Å². The van der Waals surface area contributed by atoms with E-state index in [-0.39, 0.29) is 65.9 Å². The average Bonchev–Trinajstić information content (AvgIpc) is 3.45. The van der Waals surface area contributed by atoms with Gasteiger partial charge in [-0.2, -0.15) is 0 Å². The van der Waals surface area contributed by atoms with E-state index >= 15 is 0 Å². The lowest BCUT2D eigenvalue weighted by Gasteiger charge is -2.40. The Morgan fingerprint density at radius 1 is 0.906 bits per heavy atom. The van der Waals surface area contributed by atoms with Crippen molar-refractivity contribution in [1.29, 1.82) is 0 Å². The molecule has 2 saturated heterocycles. The van der Waals surface area contributed by atoms with Gasteiger partial charge in [0.1, 0.15) is 12.1 Å². The third-order valence-electron chi connectivity index (χ3n) is 12.1. The van der Waals surface area contributed by atoms with Crippen LogP contribution in [0.3, 0.4) is 0 Å². The summed E-state index contributed by atoms with van der Waals surface area (Å²) in [7, 11) is 0. The van der Waals surface area contributed by atoms with Crippen LogP contribution in [0.2, 0.25) is 0 Å². The second-order valence-corrected chi connectivity index (χ2v) is 18.4. The van der Waals surface area contributed by atoms with Gasteiger partial charge in [0.05, 0.1) is 12.1 Å². The van der Waals surface area contributed by atoms with Gasteiger partial charge in [-0.15, -0.1) is 0 Å². The maximum atomic E-state index is 14.5. The van der Waals surface area contributed by atoms with E-state index in [1.54, 1.807) is 4.90 Å². The van der Waals surface area contributed by atoms with Crippen LogP contribution in [0.15, 0.2) is 30.3 Å². The SMILES string of the molecule is CCCN(NC(=O)[C@@H]1[C@@H]2[C@H](CN1C(=O)[C@@H](NC(=O)N[C@H](CN1C(=O)C3CCC(C3)C1=O)C(C)(C)C)C(C)(C)C)C2(C)C)C(=O)N[C@H](C)c1ccccc1. The molecule has 2 bridgehead atoms. The summed E-state index contributed by atoms with van der Waals surface area (Å²) in [6.45, 7) is 20.0. The number of nitrogens with one attached hydrogen (secondary N) is 4. The number of nitrogens with zero attached hydrogens (tertiary/aromatic N) is 3. The summed E-state index contributed by atoms with van der Waals surface area (Å²) in [6, 6.07) is 5.79. The molecular weight excluding hydrogens is 674 g/mol. The summed E-state index contributed by atoms with van der Waals surface area (Å²) in [5, 5.41) is 10.2. The molecular formula is C40H61N7O6. The lowest BCUT2D eigenvalue weighted by atomic mass is 9.84. The molecule has 13 heteroatoms. The van der Waals surface area contributed by atoms with Crippen LogP contribution in [0, 0.1) is 39.9 Å². The molecule has 4 N–H and O–H groups in total. The van der Waals surface area contributed by atoms with E-state index in [0.717, 1.165) is 5.56 Å². The number of rotatable bonds is 10. The number of carbonyl (C=O) groups excluding carboxylic acids is 6. The monoisotopic (exact) mass is 735 g/mol. The topological polar surface area (TPSA) is 160 Å². The first-order valence-electron chi connectivity index (χ1n) is 19.3. The molecule has 0 radical (unpaired) electrons. The molecule has 2 aliphatic carbocycles. The summed E-state index contributed by atoms with van der Waals surface area (Å²) < 4.78 is 0. The third kappa shape index (κ3) is 8.33. The summed E-state index contributed by atoms with van der Waals surface area (Å²) in [5.74, 6) is -1.52. The largest absolute Gasteiger partial charge is 0.336 e. The number of piperidine rings is 2. The first-order chi connectivity index (χ1) is 24.7. The number of hydrogen-bond acceptors (Lipinski definition) is 6. The Balaban J connectivity index is 1.30. The fraction of sp³-hybridized carbons (Fsp3) is 0.700. The number of likely N-dealkylation sites (tertiary alicyclic amines) is 2. The highest BCUT2D eigenvalue weighted by Gasteiger charge is 2.70. The van der Waals surface area contributed by atoms with Gasteiger partial charge in [-0.25, -0.2) is 14.6 Å². The second kappa shape index (κ2) is 14.9. The van der Waals surface area contributed by atoms with Gasteiger partial charge in [-0.1, -0.05) is 92.6 Å². The van der Waals surface area contributed by atoms with Crippen LogP contribution in [0.5, 0.6) is 0 Å². The maximum Gasteiger partial charge on any atom is 0.336 e. The number of benzene rings is 1. The number of hydrogen-bond donors (Lipinski definition) is 4. The lowest BCUT2D eigenvalue weighted by Crippen LogP contribution is -2.63. The highest BCUT2D eigenvalue weighted by atomic mass is 16.2. The van der Waals surface area contributed by atoms with Gasteiger partial charge in [-0.05, 0) is 66.3 Å². The molecule has 4 fully saturated rings. The first kappa shape index (κ1) is 40.0. The van der Waals surface area contributed by atoms with E-state index in [9.17, 15) is 28.8 Å². The van der Waals surface area contributed by atoms with Gasteiger partial charge in [0.15, 0.2) is 0 Å². The van der Waals surface area contributed by atoms with Crippen LogP contribution in [-0.4, -0.2) is 88.3 Å². The van der Waals surface area contributed by atoms with Crippen molar-refractivity contribution in [3.8, 4) is 0 Å². The molecule has 8 amide bonds. The highest BCUT2D eigenvalue weighted by molar-refractivity contribution is 6.01. The normalized spacial score (nSPS) is 26.3. The van der Waals surface area contributed by atoms with Gasteiger partial charge in [0.25, 0.3) is 5.91 Å². The van der Waals surface area contributed by atoms with E-state index in [4.69, 9.17) is 0 Å². The van der Waals surface area contributed by atoms with Crippen LogP contribution in [0.4, 0.5) is 9.59 Å². The molecule has 2 heterocycles. The van der Waals surface area contributed by atoms with Crippen molar-refractivity contribution in [2.24, 2.45) is 39.9 Å². The Kier molecular flexibility index (Phi) is 11.3. The standard InChI is InChI=1S/C40H61N7O6/c1-11-19-47(37(53)41-23(2)24-15-13-12-14-16-24)44-32(48)30-29-27(40(29,9)10)21-45(30)35(51)31(39(6,7)8)43-36(52)42-28(38(3,4)5)22-46-33(49)25-17-18-26(20-25)34(46)50/h12-16,23,25-31H,11,17-22H2,1-10H3,(H,41,53)(H,44,48)(H2,42,43,52)/t23-,25?,26?,27+,28-,29+,30+,31-/m1/s1. The smallest absolute Gasteiger partial charge is 0.333 e. The fourth-order valence-electron chi connectivity index (χ4n) is 8.56. The van der Waals surface area contributed by atoms with Crippen LogP contribution in [0.25, 0.3) is 0 Å². The Morgan fingerprint density at radius 3 is 2.06 bits per heavy atom. The summed E-state index contributed by atoms with van der Waals surface area (Å²) >= 11 is 0. The van der Waals surface area contributed by atoms with Gasteiger partial charge >= 0.3 is 12.1 Å². The van der Waals surface area contributed by atoms with E-state index in [2.05, 4.69) is 35.2 Å². The Labute approximate surface area is 314 Å². The van der Waals surface area contributed by atoms with Gasteiger partial charge in [0, 0.05) is 31.5 Å². The van der Waals surface area contributed by atoms with Gasteiger partial charge in [0.2, 0.25) is 17.7 Å². The Bertz CT molecular complexity index is 1560. The minimum Gasteiger partial charge on any atom is -0.333 e. The molecule has 2 aliphatic heterocycles. The second-order valence-electron chi connectivity index (χ2n) is 18.4. The van der Waals surface area contributed by atoms with Crippen LogP contribution in [0.1, 0.15) is 107 Å². The van der Waals surface area contributed by atoms with E-state index < -0.39 is 46.9 Å². The zero-order valence-corrected chi connectivity index (χ0v) is 33.2. The predicted octanol–water partition coefficient (Wildman–Crippen LogP) is 4.60. The molecule has 0 aromatic heterocycles. The molecule has 292 valence electrons. The van der Waals surface area contributed by atoms with Crippen molar-refractivity contribution in [3.63, 3.8) is 0 Å². The summed E-state index contributed by atoms with van der Waals surface area (Å²) in [6.07, 6.45) is 2.62. The molecule has 2 saturated carbocycles. The molecule has 1 aromatic rings. The number of imide groups is 1. The number of urea groups is 2. The first-order valence-corrected chi connectivity index (χ1v) is 19.3. The van der Waals surface area contributed by atoms with Gasteiger partial charge in [-0.3, -0.25) is 29.5 Å². The van der Waals surface area contributed by atoms with Crippen molar-refractivity contribution in [2.45, 2.75) is 119 Å². The Morgan fingerprint density at radius 2 is 1.51 bits per heavy atom. The summed E-state index contributed by atoms with van der Waals surface area (Å²) in [5.41, 5.74) is 2.33. The minimum absolute atomic E-state index is 0.0501. The highest BCUT2D eigenvalue weighted by Crippen LogP contribution is 2.65. The quantitative estimate of drug-likeness (QED) is 0.203. The van der Waals surface area contributed by atoms with E-state index in [0.29, 0.717) is 32.2 Å². The van der Waals surface area contributed by atoms with Crippen molar-refractivity contribution in [2.75, 3.05) is 19.6 Å². The maximum absolute atomic E-state index is 14.5. The molecule has 5 rings (SSSR count). The van der Waals surface area contributed by atoms with E-state index in [1.807, 2.05) is 85.7 Å². The minimum atomic E-state index is -1.00. The van der Waals surface area contributed by atoms with Crippen LogP contribution in [-0.2, 0) is 19.2 Å². The van der Waals surface area contributed by atoms with Crippen molar-refractivity contribution < 1.29 is 28.8 Å². The third-order valence-corrected chi connectivity index (χ3v) is 12.1. The molecule has 4 aliphatic rings. The molecule has 13 nitrogen and oxygen atoms in total. The number of carbonyl (C=O) groups is 6. The number of amides is 8. The van der Waals surface area contributed by atoms with Crippen molar-refractivity contribution in [3.05, 3.63) is 35.9 Å². The number of fused-ring (bicyclic) bond motifs is 3. The predicted molar refractivity (Wildman–Crippen MR) is 200 cm³/mol. The van der Waals surface area contributed by atoms with Crippen LogP contribution < -0.4 is 21.4 Å². The van der Waals surface area contributed by atoms with Crippen molar-refractivity contribution >= 4 is 35.7 Å². The molecule has 53 heavy (non-hydrogen) atoms. The Hall–Kier alpha value is -4.16. The zero-order valence-electron chi connectivity index (χ0n) is 33.2. The summed E-state index contributed by atoms with van der Waals surface area (Å²) in [4.78, 5) is 85.2. The molecule has 2 unspecified atom stereocenters. The van der Waals surface area contributed by atoms with Crippen molar-refractivity contribution in [1.82, 2.24) is 36.2 Å². The van der Waals surface area contributed by atoms with E-state index in [1.165, 1.54) is 9.91 Å². The average molecular weight is 736 g/mol. The zero-order chi connectivity index (χ0) is 39.2. The fourth-order valence-corrected chi connectivity index (χ4v) is 8.56. The molecule has 8 atom stereocenters. The van der Waals surface area contributed by atoms with Crippen LogP contribution >= 0.6 is 0 Å². The molecule has 0 spiro atoms. The lowest BCUT2D eigenvalue weighted by molar-refractivity contribution is -0.153. The molecule has 1 aromatic carbocycles.